The highest BCUT2D eigenvalue weighted by molar-refractivity contribution is 6.31. The SMILES string of the molecule is CC(C)(C)OC(=O)Nc1ccc(C(C)(C)N)c(Cl)c1. The van der Waals surface area contributed by atoms with Gasteiger partial charge in [-0.05, 0) is 52.3 Å². The van der Waals surface area contributed by atoms with Gasteiger partial charge in [0.05, 0.1) is 0 Å². The number of hydrogen-bond acceptors (Lipinski definition) is 3. The van der Waals surface area contributed by atoms with Gasteiger partial charge in [0, 0.05) is 16.2 Å². The maximum Gasteiger partial charge on any atom is 0.412 e. The van der Waals surface area contributed by atoms with Crippen molar-refractivity contribution in [2.24, 2.45) is 5.73 Å². The van der Waals surface area contributed by atoms with E-state index in [0.29, 0.717) is 10.7 Å². The maximum absolute atomic E-state index is 11.6. The molecule has 19 heavy (non-hydrogen) atoms. The molecular formula is C14H21ClN2O2. The van der Waals surface area contributed by atoms with Gasteiger partial charge < -0.3 is 10.5 Å². The number of benzene rings is 1. The minimum Gasteiger partial charge on any atom is -0.444 e. The van der Waals surface area contributed by atoms with Gasteiger partial charge in [-0.1, -0.05) is 17.7 Å². The van der Waals surface area contributed by atoms with Gasteiger partial charge in [-0.15, -0.1) is 0 Å². The summed E-state index contributed by atoms with van der Waals surface area (Å²) in [5.41, 5.74) is 6.33. The Labute approximate surface area is 119 Å². The molecule has 1 aromatic carbocycles. The molecule has 106 valence electrons. The number of nitrogens with two attached hydrogens (primary N) is 1. The Morgan fingerprint density at radius 2 is 1.84 bits per heavy atom. The molecule has 4 nitrogen and oxygen atoms in total. The summed E-state index contributed by atoms with van der Waals surface area (Å²) in [6.45, 7) is 9.16. The summed E-state index contributed by atoms with van der Waals surface area (Å²) in [4.78, 5) is 11.6. The van der Waals surface area contributed by atoms with E-state index in [-0.39, 0.29) is 0 Å². The van der Waals surface area contributed by atoms with Crippen LogP contribution in [-0.2, 0) is 10.3 Å². The number of rotatable bonds is 2. The first-order valence-corrected chi connectivity index (χ1v) is 6.46. The fraction of sp³-hybridized carbons (Fsp3) is 0.500. The van der Waals surface area contributed by atoms with Crippen LogP contribution in [0.25, 0.3) is 0 Å². The molecule has 0 aliphatic heterocycles. The summed E-state index contributed by atoms with van der Waals surface area (Å²) in [6.07, 6.45) is -0.511. The minimum absolute atomic E-state index is 0.511. The first-order chi connectivity index (χ1) is 8.49. The van der Waals surface area contributed by atoms with Crippen molar-refractivity contribution in [1.29, 1.82) is 0 Å². The minimum atomic E-state index is -0.535. The Hall–Kier alpha value is -1.26. The summed E-state index contributed by atoms with van der Waals surface area (Å²) < 4.78 is 5.16. The summed E-state index contributed by atoms with van der Waals surface area (Å²) in [5, 5.41) is 3.15. The third-order valence-corrected chi connectivity index (χ3v) is 2.62. The van der Waals surface area contributed by atoms with Gasteiger partial charge in [-0.2, -0.15) is 0 Å². The Morgan fingerprint density at radius 1 is 1.26 bits per heavy atom. The summed E-state index contributed by atoms with van der Waals surface area (Å²) >= 11 is 6.16. The van der Waals surface area contributed by atoms with Gasteiger partial charge in [0.1, 0.15) is 5.60 Å². The number of carbonyl (C=O) groups excluding carboxylic acids is 1. The molecule has 0 radical (unpaired) electrons. The van der Waals surface area contributed by atoms with Crippen molar-refractivity contribution in [2.75, 3.05) is 5.32 Å². The average Bonchev–Trinajstić information content (AvgIpc) is 2.11. The van der Waals surface area contributed by atoms with Crippen LogP contribution in [0.4, 0.5) is 10.5 Å². The van der Waals surface area contributed by atoms with E-state index in [4.69, 9.17) is 22.1 Å². The lowest BCUT2D eigenvalue weighted by Gasteiger charge is -2.22. The number of carbonyl (C=O) groups is 1. The zero-order chi connectivity index (χ0) is 14.8. The second-order valence-electron chi connectivity index (χ2n) is 6.04. The molecule has 0 fully saturated rings. The highest BCUT2D eigenvalue weighted by atomic mass is 35.5. The molecule has 0 unspecified atom stereocenters. The molecule has 0 saturated carbocycles. The molecule has 0 spiro atoms. The first-order valence-electron chi connectivity index (χ1n) is 6.08. The second-order valence-corrected chi connectivity index (χ2v) is 6.45. The van der Waals surface area contributed by atoms with Crippen LogP contribution in [-0.4, -0.2) is 11.7 Å². The quantitative estimate of drug-likeness (QED) is 0.866. The Kier molecular flexibility index (Phi) is 4.48. The molecule has 0 saturated heterocycles. The van der Waals surface area contributed by atoms with Crippen molar-refractivity contribution in [3.63, 3.8) is 0 Å². The fourth-order valence-electron chi connectivity index (χ4n) is 1.54. The predicted molar refractivity (Wildman–Crippen MR) is 78.5 cm³/mol. The number of amides is 1. The maximum atomic E-state index is 11.6. The lowest BCUT2D eigenvalue weighted by atomic mass is 9.95. The van der Waals surface area contributed by atoms with E-state index in [1.165, 1.54) is 0 Å². The molecule has 1 amide bonds. The monoisotopic (exact) mass is 284 g/mol. The van der Waals surface area contributed by atoms with Crippen LogP contribution in [0.15, 0.2) is 18.2 Å². The number of nitrogens with one attached hydrogen (secondary N) is 1. The average molecular weight is 285 g/mol. The summed E-state index contributed by atoms with van der Waals surface area (Å²) in [7, 11) is 0. The van der Waals surface area contributed by atoms with Crippen LogP contribution in [0.1, 0.15) is 40.2 Å². The normalized spacial score (nSPS) is 12.2. The third-order valence-electron chi connectivity index (χ3n) is 2.31. The van der Waals surface area contributed by atoms with Crippen LogP contribution < -0.4 is 11.1 Å². The molecular weight excluding hydrogens is 264 g/mol. The highest BCUT2D eigenvalue weighted by Gasteiger charge is 2.19. The van der Waals surface area contributed by atoms with E-state index in [1.54, 1.807) is 39.0 Å². The van der Waals surface area contributed by atoms with Crippen molar-refractivity contribution < 1.29 is 9.53 Å². The van der Waals surface area contributed by atoms with E-state index >= 15 is 0 Å². The Balaban J connectivity index is 2.83. The zero-order valence-electron chi connectivity index (χ0n) is 12.0. The van der Waals surface area contributed by atoms with Crippen molar-refractivity contribution >= 4 is 23.4 Å². The summed E-state index contributed by atoms with van der Waals surface area (Å²) in [6, 6.07) is 5.21. The highest BCUT2D eigenvalue weighted by Crippen LogP contribution is 2.28. The van der Waals surface area contributed by atoms with Crippen molar-refractivity contribution in [1.82, 2.24) is 0 Å². The predicted octanol–water partition coefficient (Wildman–Crippen LogP) is 3.88. The second kappa shape index (κ2) is 5.39. The van der Waals surface area contributed by atoms with E-state index in [0.717, 1.165) is 5.56 Å². The zero-order valence-corrected chi connectivity index (χ0v) is 12.8. The van der Waals surface area contributed by atoms with Crippen LogP contribution in [0, 0.1) is 0 Å². The molecule has 1 rings (SSSR count). The van der Waals surface area contributed by atoms with E-state index in [1.807, 2.05) is 13.8 Å². The van der Waals surface area contributed by atoms with Crippen molar-refractivity contribution in [3.05, 3.63) is 28.8 Å². The number of anilines is 1. The molecule has 0 aliphatic carbocycles. The van der Waals surface area contributed by atoms with Crippen molar-refractivity contribution in [2.45, 2.75) is 45.8 Å². The summed E-state index contributed by atoms with van der Waals surface area (Å²) in [5.74, 6) is 0. The smallest absolute Gasteiger partial charge is 0.412 e. The first kappa shape index (κ1) is 15.8. The Morgan fingerprint density at radius 3 is 2.26 bits per heavy atom. The Bertz CT molecular complexity index is 473. The van der Waals surface area contributed by atoms with Crippen LogP contribution in [0.5, 0.6) is 0 Å². The lowest BCUT2D eigenvalue weighted by molar-refractivity contribution is 0.0636. The number of halogens is 1. The van der Waals surface area contributed by atoms with Crippen LogP contribution in [0.2, 0.25) is 5.02 Å². The van der Waals surface area contributed by atoms with Gasteiger partial charge in [-0.3, -0.25) is 5.32 Å². The molecule has 1 aromatic rings. The number of ether oxygens (including phenoxy) is 1. The molecule has 0 atom stereocenters. The van der Waals surface area contributed by atoms with Crippen LogP contribution in [0.3, 0.4) is 0 Å². The van der Waals surface area contributed by atoms with Gasteiger partial charge in [0.15, 0.2) is 0 Å². The standard InChI is InChI=1S/C14H21ClN2O2/c1-13(2,3)19-12(18)17-9-6-7-10(11(15)8-9)14(4,5)16/h6-8H,16H2,1-5H3,(H,17,18). The molecule has 3 N–H and O–H groups in total. The molecule has 0 aromatic heterocycles. The number of hydrogen-bond donors (Lipinski definition) is 2. The van der Waals surface area contributed by atoms with Gasteiger partial charge >= 0.3 is 6.09 Å². The van der Waals surface area contributed by atoms with Gasteiger partial charge in [0.25, 0.3) is 0 Å². The topological polar surface area (TPSA) is 64.3 Å². The van der Waals surface area contributed by atoms with Crippen LogP contribution >= 0.6 is 11.6 Å². The van der Waals surface area contributed by atoms with Crippen molar-refractivity contribution in [3.8, 4) is 0 Å². The van der Waals surface area contributed by atoms with E-state index in [2.05, 4.69) is 5.32 Å². The molecule has 0 heterocycles. The molecule has 0 aliphatic rings. The molecule has 0 bridgehead atoms. The van der Waals surface area contributed by atoms with Gasteiger partial charge in [-0.25, -0.2) is 4.79 Å². The largest absolute Gasteiger partial charge is 0.444 e. The molecule has 5 heteroatoms. The lowest BCUT2D eigenvalue weighted by Crippen LogP contribution is -2.29. The van der Waals surface area contributed by atoms with Gasteiger partial charge in [0.2, 0.25) is 0 Å². The van der Waals surface area contributed by atoms with E-state index in [9.17, 15) is 4.79 Å². The fourth-order valence-corrected chi connectivity index (χ4v) is 1.96. The third kappa shape index (κ3) is 5.09. The van der Waals surface area contributed by atoms with E-state index < -0.39 is 17.2 Å².